The van der Waals surface area contributed by atoms with Gasteiger partial charge in [0.2, 0.25) is 0 Å². The van der Waals surface area contributed by atoms with E-state index >= 15 is 0 Å². The van der Waals surface area contributed by atoms with E-state index in [1.807, 2.05) is 34.7 Å². The van der Waals surface area contributed by atoms with Crippen LogP contribution in [-0.4, -0.2) is 16.8 Å². The maximum Gasteiger partial charge on any atom is 0.253 e. The van der Waals surface area contributed by atoms with Gasteiger partial charge in [0, 0.05) is 39.4 Å². The molecule has 0 saturated heterocycles. The maximum absolute atomic E-state index is 13.3. The zero-order valence-corrected chi connectivity index (χ0v) is 20.7. The highest BCUT2D eigenvalue weighted by Crippen LogP contribution is 2.28. The molecule has 140 valence electrons. The van der Waals surface area contributed by atoms with Crippen molar-refractivity contribution >= 4 is 89.5 Å². The van der Waals surface area contributed by atoms with Gasteiger partial charge in [-0.05, 0) is 117 Å². The average Bonchev–Trinajstić information content (AvgIpc) is 2.67. The largest absolute Gasteiger partial charge is 0.289 e. The molecule has 0 aliphatic rings. The Morgan fingerprint density at radius 2 is 1.21 bits per heavy atom. The van der Waals surface area contributed by atoms with Crippen LogP contribution in [0, 0.1) is 7.14 Å². The highest BCUT2D eigenvalue weighted by molar-refractivity contribution is 14.1. The fraction of sp³-hybridized carbons (Fsp3) is 0. The van der Waals surface area contributed by atoms with Crippen LogP contribution in [0.4, 0.5) is 0 Å². The molecule has 0 spiro atoms. The number of hydrogen-bond donors (Lipinski definition) is 0. The molecule has 0 amide bonds. The molecule has 0 fully saturated rings. The summed E-state index contributed by atoms with van der Waals surface area (Å²) in [6.07, 6.45) is 0. The minimum Gasteiger partial charge on any atom is -0.289 e. The minimum atomic E-state index is -0.784. The second-order valence-electron chi connectivity index (χ2n) is 5.79. The third-order valence-electron chi connectivity index (χ3n) is 4.03. The number of carbonyl (C=O) groups is 3. The standard InChI is InChI=1S/C21H10BrClI2O3/c22-13-5-1-11(2-6-13)19(26)17-15(21(23)28)9-10-16(25)18(17)20(27)12-3-7-14(24)8-4-12/h1-10H. The van der Waals surface area contributed by atoms with Gasteiger partial charge in [-0.2, -0.15) is 0 Å². The number of carbonyl (C=O) groups excluding carboxylic acids is 3. The summed E-state index contributed by atoms with van der Waals surface area (Å²) in [6.45, 7) is 0. The van der Waals surface area contributed by atoms with Crippen LogP contribution in [0.25, 0.3) is 0 Å². The lowest BCUT2D eigenvalue weighted by atomic mass is 9.90. The van der Waals surface area contributed by atoms with E-state index in [9.17, 15) is 14.4 Å². The molecule has 28 heavy (non-hydrogen) atoms. The Balaban J connectivity index is 2.24. The van der Waals surface area contributed by atoms with Crippen LogP contribution in [0.15, 0.2) is 65.1 Å². The quantitative estimate of drug-likeness (QED) is 0.176. The first-order chi connectivity index (χ1) is 13.3. The fourth-order valence-electron chi connectivity index (χ4n) is 2.69. The van der Waals surface area contributed by atoms with Crippen LogP contribution >= 0.6 is 72.7 Å². The summed E-state index contributed by atoms with van der Waals surface area (Å²) in [4.78, 5) is 38.5. The lowest BCUT2D eigenvalue weighted by Crippen LogP contribution is -2.17. The van der Waals surface area contributed by atoms with Gasteiger partial charge in [0.25, 0.3) is 5.24 Å². The molecule has 0 aliphatic heterocycles. The van der Waals surface area contributed by atoms with Crippen LogP contribution in [0.3, 0.4) is 0 Å². The first-order valence-corrected chi connectivity index (χ1v) is 11.3. The van der Waals surface area contributed by atoms with E-state index < -0.39 is 11.0 Å². The molecule has 3 aromatic carbocycles. The third kappa shape index (κ3) is 4.55. The molecule has 0 saturated carbocycles. The van der Waals surface area contributed by atoms with Crippen LogP contribution in [0.2, 0.25) is 0 Å². The summed E-state index contributed by atoms with van der Waals surface area (Å²) < 4.78 is 2.37. The van der Waals surface area contributed by atoms with Crippen LogP contribution in [0.1, 0.15) is 42.2 Å². The Morgan fingerprint density at radius 1 is 0.714 bits per heavy atom. The van der Waals surface area contributed by atoms with Crippen molar-refractivity contribution in [3.63, 3.8) is 0 Å². The Labute approximate surface area is 202 Å². The monoisotopic (exact) mass is 678 g/mol. The van der Waals surface area contributed by atoms with E-state index in [1.165, 1.54) is 6.07 Å². The van der Waals surface area contributed by atoms with Gasteiger partial charge in [0.05, 0.1) is 0 Å². The van der Waals surface area contributed by atoms with E-state index in [4.69, 9.17) is 11.6 Å². The van der Waals surface area contributed by atoms with Crippen molar-refractivity contribution in [2.75, 3.05) is 0 Å². The molecular weight excluding hydrogens is 669 g/mol. The van der Waals surface area contributed by atoms with E-state index in [1.54, 1.807) is 42.5 Å². The summed E-state index contributed by atoms with van der Waals surface area (Å²) in [6, 6.07) is 16.8. The van der Waals surface area contributed by atoms with Crippen molar-refractivity contribution in [2.45, 2.75) is 0 Å². The zero-order valence-electron chi connectivity index (χ0n) is 14.0. The van der Waals surface area contributed by atoms with Crippen molar-refractivity contribution in [2.24, 2.45) is 0 Å². The Kier molecular flexibility index (Phi) is 7.06. The molecule has 0 bridgehead atoms. The molecule has 3 aromatic rings. The average molecular weight is 679 g/mol. The molecule has 0 heterocycles. The smallest absolute Gasteiger partial charge is 0.253 e. The predicted molar refractivity (Wildman–Crippen MR) is 130 cm³/mol. The van der Waals surface area contributed by atoms with Gasteiger partial charge < -0.3 is 0 Å². The number of halogens is 4. The van der Waals surface area contributed by atoms with Gasteiger partial charge in [-0.1, -0.05) is 15.9 Å². The molecule has 3 nitrogen and oxygen atoms in total. The Hall–Kier alpha value is -1.10. The Morgan fingerprint density at radius 3 is 1.75 bits per heavy atom. The molecule has 0 atom stereocenters. The summed E-state index contributed by atoms with van der Waals surface area (Å²) in [5.74, 6) is -0.759. The number of benzene rings is 3. The molecule has 0 N–H and O–H groups in total. The van der Waals surface area contributed by atoms with Crippen molar-refractivity contribution in [3.05, 3.63) is 100 Å². The summed E-state index contributed by atoms with van der Waals surface area (Å²) in [7, 11) is 0. The topological polar surface area (TPSA) is 51.2 Å². The molecule has 0 radical (unpaired) electrons. The van der Waals surface area contributed by atoms with Gasteiger partial charge in [-0.15, -0.1) is 0 Å². The molecule has 0 unspecified atom stereocenters. The number of ketones is 2. The maximum atomic E-state index is 13.3. The first-order valence-electron chi connectivity index (χ1n) is 7.92. The van der Waals surface area contributed by atoms with Crippen molar-refractivity contribution in [1.29, 1.82) is 0 Å². The minimum absolute atomic E-state index is 0.0175. The van der Waals surface area contributed by atoms with Crippen LogP contribution in [-0.2, 0) is 0 Å². The van der Waals surface area contributed by atoms with E-state index in [0.717, 1.165) is 8.04 Å². The summed E-state index contributed by atoms with van der Waals surface area (Å²) in [5.41, 5.74) is 1.02. The molecule has 7 heteroatoms. The third-order valence-corrected chi connectivity index (χ3v) is 6.38. The number of hydrogen-bond acceptors (Lipinski definition) is 3. The molecular formula is C21H10BrClI2O3. The second kappa shape index (κ2) is 9.15. The SMILES string of the molecule is O=C(Cl)c1ccc(I)c(C(=O)c2ccc(I)cc2)c1C(=O)c1ccc(Br)cc1. The highest BCUT2D eigenvalue weighted by atomic mass is 127. The Bertz CT molecular complexity index is 1090. The first kappa shape index (κ1) is 21.6. The second-order valence-corrected chi connectivity index (χ2v) is 9.46. The van der Waals surface area contributed by atoms with Gasteiger partial charge in [0.15, 0.2) is 11.6 Å². The molecule has 3 rings (SSSR count). The lowest BCUT2D eigenvalue weighted by Gasteiger charge is -2.14. The van der Waals surface area contributed by atoms with Crippen molar-refractivity contribution < 1.29 is 14.4 Å². The van der Waals surface area contributed by atoms with E-state index in [2.05, 4.69) is 38.5 Å². The predicted octanol–water partition coefficient (Wildman–Crippen LogP) is 6.50. The fourth-order valence-corrected chi connectivity index (χ4v) is 4.17. The highest BCUT2D eigenvalue weighted by Gasteiger charge is 2.27. The molecule has 0 aliphatic carbocycles. The van der Waals surface area contributed by atoms with Gasteiger partial charge in [-0.3, -0.25) is 14.4 Å². The van der Waals surface area contributed by atoms with Gasteiger partial charge >= 0.3 is 0 Å². The van der Waals surface area contributed by atoms with Crippen LogP contribution < -0.4 is 0 Å². The number of rotatable bonds is 5. The zero-order chi connectivity index (χ0) is 20.4. The van der Waals surface area contributed by atoms with E-state index in [-0.39, 0.29) is 22.5 Å². The van der Waals surface area contributed by atoms with Crippen molar-refractivity contribution in [1.82, 2.24) is 0 Å². The summed E-state index contributed by atoms with van der Waals surface area (Å²) in [5, 5.41) is -0.784. The summed E-state index contributed by atoms with van der Waals surface area (Å²) >= 11 is 13.2. The van der Waals surface area contributed by atoms with Gasteiger partial charge in [-0.25, -0.2) is 0 Å². The lowest BCUT2D eigenvalue weighted by molar-refractivity contribution is 0.0996. The van der Waals surface area contributed by atoms with Gasteiger partial charge in [0.1, 0.15) is 0 Å². The molecule has 0 aromatic heterocycles. The normalized spacial score (nSPS) is 10.6. The van der Waals surface area contributed by atoms with E-state index in [0.29, 0.717) is 14.7 Å². The van der Waals surface area contributed by atoms with Crippen molar-refractivity contribution in [3.8, 4) is 0 Å². The van der Waals surface area contributed by atoms with Crippen LogP contribution in [0.5, 0.6) is 0 Å².